The van der Waals surface area contributed by atoms with Crippen LogP contribution in [-0.2, 0) is 26.0 Å². The average Bonchev–Trinajstić information content (AvgIpc) is 2.82. The van der Waals surface area contributed by atoms with Crippen molar-refractivity contribution in [2.75, 3.05) is 30.2 Å². The van der Waals surface area contributed by atoms with Crippen molar-refractivity contribution in [2.24, 2.45) is 5.92 Å². The maximum absolute atomic E-state index is 13.7. The number of benzene rings is 2. The predicted octanol–water partition coefficient (Wildman–Crippen LogP) is 3.74. The van der Waals surface area contributed by atoms with Crippen LogP contribution >= 0.6 is 0 Å². The van der Waals surface area contributed by atoms with E-state index in [0.717, 1.165) is 28.3 Å². The van der Waals surface area contributed by atoms with Gasteiger partial charge in [0.1, 0.15) is 6.04 Å². The van der Waals surface area contributed by atoms with Gasteiger partial charge in [-0.05, 0) is 43.4 Å². The van der Waals surface area contributed by atoms with Gasteiger partial charge in [0.05, 0.1) is 11.9 Å². The molecule has 7 nitrogen and oxygen atoms in total. The van der Waals surface area contributed by atoms with Gasteiger partial charge in [-0.2, -0.15) is 0 Å². The minimum Gasteiger partial charge on any atom is -0.354 e. The predicted molar refractivity (Wildman–Crippen MR) is 137 cm³/mol. The monoisotopic (exact) mass is 523 g/mol. The van der Waals surface area contributed by atoms with E-state index in [1.807, 2.05) is 44.2 Å². The van der Waals surface area contributed by atoms with Gasteiger partial charge < -0.3 is 10.2 Å². The lowest BCUT2D eigenvalue weighted by Gasteiger charge is -2.29. The third-order valence-corrected chi connectivity index (χ3v) is 6.87. The second-order valence-electron chi connectivity index (χ2n) is 9.17. The maximum atomic E-state index is 13.7. The van der Waals surface area contributed by atoms with Crippen molar-refractivity contribution >= 4 is 27.5 Å². The molecular weight excluding hydrogens is 488 g/mol. The molecule has 0 saturated carbocycles. The summed E-state index contributed by atoms with van der Waals surface area (Å²) in [6, 6.07) is 11.7. The third kappa shape index (κ3) is 8.89. The number of hydrogen-bond acceptors (Lipinski definition) is 4. The van der Waals surface area contributed by atoms with Gasteiger partial charge in [-0.3, -0.25) is 13.9 Å². The van der Waals surface area contributed by atoms with Crippen LogP contribution in [0.1, 0.15) is 39.2 Å². The van der Waals surface area contributed by atoms with Crippen molar-refractivity contribution in [1.29, 1.82) is 0 Å². The number of halogens is 2. The lowest BCUT2D eigenvalue weighted by Crippen LogP contribution is -2.49. The fourth-order valence-corrected chi connectivity index (χ4v) is 4.62. The van der Waals surface area contributed by atoms with E-state index in [-0.39, 0.29) is 42.8 Å². The molecule has 0 fully saturated rings. The molecule has 2 amide bonds. The van der Waals surface area contributed by atoms with Crippen molar-refractivity contribution in [3.05, 3.63) is 65.7 Å². The van der Waals surface area contributed by atoms with Gasteiger partial charge >= 0.3 is 0 Å². The summed E-state index contributed by atoms with van der Waals surface area (Å²) in [6.45, 7) is 6.33. The molecule has 0 aliphatic heterocycles. The summed E-state index contributed by atoms with van der Waals surface area (Å²) in [5, 5.41) is 2.85. The molecule has 0 aliphatic carbocycles. The van der Waals surface area contributed by atoms with Crippen molar-refractivity contribution in [3.63, 3.8) is 0 Å². The minimum absolute atomic E-state index is 0.0215. The number of sulfonamides is 1. The van der Waals surface area contributed by atoms with Gasteiger partial charge in [0.25, 0.3) is 0 Å². The van der Waals surface area contributed by atoms with Gasteiger partial charge in [0.2, 0.25) is 21.8 Å². The Bertz CT molecular complexity index is 1130. The summed E-state index contributed by atoms with van der Waals surface area (Å²) < 4.78 is 52.5. The highest BCUT2D eigenvalue weighted by atomic mass is 32.2. The number of nitrogens with zero attached hydrogens (tertiary/aromatic N) is 2. The molecule has 198 valence electrons. The molecule has 1 unspecified atom stereocenters. The van der Waals surface area contributed by atoms with E-state index in [1.165, 1.54) is 11.0 Å². The topological polar surface area (TPSA) is 86.8 Å². The minimum atomic E-state index is -3.80. The molecule has 0 spiro atoms. The molecule has 0 bridgehead atoms. The van der Waals surface area contributed by atoms with Crippen LogP contribution in [0.25, 0.3) is 0 Å². The highest BCUT2D eigenvalue weighted by Crippen LogP contribution is 2.21. The number of carbonyl (C=O) groups is 2. The average molecular weight is 524 g/mol. The Morgan fingerprint density at radius 2 is 1.64 bits per heavy atom. The Hall–Kier alpha value is -3.01. The number of nitrogens with one attached hydrogen (secondary N) is 1. The lowest BCUT2D eigenvalue weighted by molar-refractivity contribution is -0.140. The maximum Gasteiger partial charge on any atom is 0.242 e. The molecule has 0 aromatic heterocycles. The second kappa shape index (κ2) is 13.3. The molecule has 0 saturated heterocycles. The van der Waals surface area contributed by atoms with Crippen LogP contribution in [0.5, 0.6) is 0 Å². The van der Waals surface area contributed by atoms with Crippen LogP contribution in [0.3, 0.4) is 0 Å². The number of rotatable bonds is 13. The first-order valence-corrected chi connectivity index (χ1v) is 13.8. The lowest BCUT2D eigenvalue weighted by atomic mass is 10.1. The summed E-state index contributed by atoms with van der Waals surface area (Å²) in [7, 11) is -3.80. The van der Waals surface area contributed by atoms with E-state index in [9.17, 15) is 26.8 Å². The van der Waals surface area contributed by atoms with Crippen LogP contribution in [0.4, 0.5) is 14.5 Å². The van der Waals surface area contributed by atoms with Crippen molar-refractivity contribution in [3.8, 4) is 0 Å². The fraction of sp³-hybridized carbons (Fsp3) is 0.462. The molecule has 36 heavy (non-hydrogen) atoms. The van der Waals surface area contributed by atoms with E-state index in [2.05, 4.69) is 5.32 Å². The van der Waals surface area contributed by atoms with Gasteiger partial charge in [-0.15, -0.1) is 0 Å². The number of hydrogen-bond donors (Lipinski definition) is 1. The first-order chi connectivity index (χ1) is 16.9. The van der Waals surface area contributed by atoms with Crippen molar-refractivity contribution < 1.29 is 26.8 Å². The van der Waals surface area contributed by atoms with Gasteiger partial charge in [-0.1, -0.05) is 44.2 Å². The van der Waals surface area contributed by atoms with Gasteiger partial charge in [0, 0.05) is 32.1 Å². The normalized spacial score (nSPS) is 12.3. The van der Waals surface area contributed by atoms with E-state index in [1.54, 1.807) is 6.92 Å². The first kappa shape index (κ1) is 29.2. The smallest absolute Gasteiger partial charge is 0.242 e. The van der Waals surface area contributed by atoms with E-state index < -0.39 is 27.7 Å². The zero-order valence-electron chi connectivity index (χ0n) is 21.2. The van der Waals surface area contributed by atoms with Crippen molar-refractivity contribution in [2.45, 2.75) is 46.1 Å². The molecule has 0 aliphatic rings. The first-order valence-electron chi connectivity index (χ1n) is 11.9. The van der Waals surface area contributed by atoms with Crippen LogP contribution in [0, 0.1) is 17.6 Å². The van der Waals surface area contributed by atoms with E-state index >= 15 is 0 Å². The summed E-state index contributed by atoms with van der Waals surface area (Å²) in [6.07, 6.45) is 1.63. The Labute approximate surface area is 212 Å². The summed E-state index contributed by atoms with van der Waals surface area (Å²) in [5.41, 5.74) is 0.998. The molecule has 2 rings (SSSR count). The zero-order valence-corrected chi connectivity index (χ0v) is 22.0. The highest BCUT2D eigenvalue weighted by molar-refractivity contribution is 7.92. The fourth-order valence-electron chi connectivity index (χ4n) is 3.67. The van der Waals surface area contributed by atoms with Gasteiger partial charge in [0.15, 0.2) is 11.6 Å². The number of carbonyl (C=O) groups excluding carboxylic acids is 2. The van der Waals surface area contributed by atoms with Gasteiger partial charge in [-0.25, -0.2) is 17.2 Å². The Balaban J connectivity index is 2.11. The molecule has 2 aromatic rings. The number of amides is 2. The SMILES string of the molecule is CC(C)CNC(=O)C(C)N(CCc1ccccc1)C(=O)CCCN(c1ccc(F)c(F)c1)S(C)(=O)=O. The van der Waals surface area contributed by atoms with Crippen molar-refractivity contribution in [1.82, 2.24) is 10.2 Å². The Kier molecular flexibility index (Phi) is 10.8. The summed E-state index contributed by atoms with van der Waals surface area (Å²) >= 11 is 0. The third-order valence-electron chi connectivity index (χ3n) is 5.68. The molecule has 0 heterocycles. The quantitative estimate of drug-likeness (QED) is 0.433. The largest absolute Gasteiger partial charge is 0.354 e. The molecule has 0 radical (unpaired) electrons. The second-order valence-corrected chi connectivity index (χ2v) is 11.1. The van der Waals surface area contributed by atoms with Crippen LogP contribution in [0.2, 0.25) is 0 Å². The van der Waals surface area contributed by atoms with Crippen LogP contribution in [-0.4, -0.2) is 57.1 Å². The zero-order chi connectivity index (χ0) is 26.9. The van der Waals surface area contributed by atoms with Crippen LogP contribution < -0.4 is 9.62 Å². The standard InChI is InChI=1S/C26H35F2N3O4S/c1-19(2)18-29-26(33)20(3)30(16-14-21-9-6-5-7-10-21)25(32)11-8-15-31(36(4,34)35)22-12-13-23(27)24(28)17-22/h5-7,9-10,12-13,17,19-20H,8,11,14-16,18H2,1-4H3,(H,29,33). The summed E-state index contributed by atoms with van der Waals surface area (Å²) in [4.78, 5) is 27.4. The van der Waals surface area contributed by atoms with Crippen LogP contribution in [0.15, 0.2) is 48.5 Å². The summed E-state index contributed by atoms with van der Waals surface area (Å²) in [5.74, 6) is -2.54. The molecular formula is C26H35F2N3O4S. The molecule has 1 N–H and O–H groups in total. The molecule has 2 aromatic carbocycles. The highest BCUT2D eigenvalue weighted by Gasteiger charge is 2.26. The van der Waals surface area contributed by atoms with E-state index in [4.69, 9.17) is 0 Å². The molecule has 1 atom stereocenters. The van der Waals surface area contributed by atoms with E-state index in [0.29, 0.717) is 19.5 Å². The molecule has 10 heteroatoms. The Morgan fingerprint density at radius 3 is 2.22 bits per heavy atom. The Morgan fingerprint density at radius 1 is 0.972 bits per heavy atom. The number of anilines is 1.